The average molecular weight is 392 g/mol. The van der Waals surface area contributed by atoms with Crippen LogP contribution >= 0.6 is 0 Å². The summed E-state index contributed by atoms with van der Waals surface area (Å²) in [5, 5.41) is 12.7. The molecular weight excluding hydrogens is 368 g/mol. The molecule has 0 unspecified atom stereocenters. The predicted octanol–water partition coefficient (Wildman–Crippen LogP) is 0.823. The number of nitrogens with one attached hydrogen (secondary N) is 1. The lowest BCUT2D eigenvalue weighted by Crippen LogP contribution is -2.24. The Labute approximate surface area is 158 Å². The first-order chi connectivity index (χ1) is 12.7. The molecule has 2 aromatic heterocycles. The molecule has 0 bridgehead atoms. The van der Waals surface area contributed by atoms with Crippen LogP contribution in [-0.4, -0.2) is 51.6 Å². The minimum absolute atomic E-state index is 0.0914. The molecular formula is C17H24N6O3S. The Bertz CT molecular complexity index is 1000. The van der Waals surface area contributed by atoms with Crippen LogP contribution in [0.25, 0.3) is 0 Å². The van der Waals surface area contributed by atoms with Gasteiger partial charge in [0, 0.05) is 17.0 Å². The van der Waals surface area contributed by atoms with Gasteiger partial charge in [-0.1, -0.05) is 0 Å². The van der Waals surface area contributed by atoms with Crippen LogP contribution in [0.1, 0.15) is 40.8 Å². The van der Waals surface area contributed by atoms with E-state index in [1.807, 2.05) is 33.8 Å². The van der Waals surface area contributed by atoms with Gasteiger partial charge in [0.1, 0.15) is 6.54 Å². The molecule has 0 saturated carbocycles. The molecule has 0 aliphatic carbocycles. The van der Waals surface area contributed by atoms with Gasteiger partial charge in [0.25, 0.3) is 5.91 Å². The molecule has 0 spiro atoms. The van der Waals surface area contributed by atoms with E-state index < -0.39 is 9.84 Å². The smallest absolute Gasteiger partial charge is 0.261 e. The Kier molecular flexibility index (Phi) is 5.18. The van der Waals surface area contributed by atoms with E-state index in [0.29, 0.717) is 6.42 Å². The maximum absolute atomic E-state index is 12.0. The van der Waals surface area contributed by atoms with Crippen molar-refractivity contribution in [3.8, 4) is 0 Å². The molecule has 0 aromatic carbocycles. The Morgan fingerprint density at radius 3 is 2.67 bits per heavy atom. The van der Waals surface area contributed by atoms with Gasteiger partial charge in [-0.2, -0.15) is 15.3 Å². The van der Waals surface area contributed by atoms with E-state index in [9.17, 15) is 13.2 Å². The Morgan fingerprint density at radius 1 is 1.33 bits per heavy atom. The number of carbonyl (C=O) groups excluding carboxylic acids is 1. The minimum Gasteiger partial charge on any atom is -0.271 e. The standard InChI is InChI=1S/C17H24N6O3S/c1-11-7-12(2)22(20-11)9-17(24)19-18-8-16-13(3)21-23(14(16)4)15-5-6-27(25,26)10-15/h7-8,15H,5-6,9-10H2,1-4H3,(H,19,24)/b18-8-/t15-/m0/s1. The molecule has 1 saturated heterocycles. The van der Waals surface area contributed by atoms with Crippen LogP contribution in [0.4, 0.5) is 0 Å². The predicted molar refractivity (Wildman–Crippen MR) is 101 cm³/mol. The van der Waals surface area contributed by atoms with Crippen molar-refractivity contribution in [2.45, 2.75) is 46.7 Å². The number of sulfone groups is 1. The lowest BCUT2D eigenvalue weighted by molar-refractivity contribution is -0.121. The molecule has 146 valence electrons. The summed E-state index contributed by atoms with van der Waals surface area (Å²) in [7, 11) is -2.98. The van der Waals surface area contributed by atoms with E-state index >= 15 is 0 Å². The molecule has 3 heterocycles. The van der Waals surface area contributed by atoms with Crippen molar-refractivity contribution in [3.63, 3.8) is 0 Å². The number of aromatic nitrogens is 4. The van der Waals surface area contributed by atoms with Gasteiger partial charge < -0.3 is 0 Å². The van der Waals surface area contributed by atoms with Gasteiger partial charge in [-0.25, -0.2) is 13.8 Å². The topological polar surface area (TPSA) is 111 Å². The summed E-state index contributed by atoms with van der Waals surface area (Å²) in [5.41, 5.74) is 6.63. The fourth-order valence-corrected chi connectivity index (χ4v) is 5.05. The van der Waals surface area contributed by atoms with Gasteiger partial charge in [-0.05, 0) is 40.2 Å². The van der Waals surface area contributed by atoms with E-state index in [1.54, 1.807) is 15.6 Å². The number of hydrogen-bond donors (Lipinski definition) is 1. The number of carbonyl (C=O) groups is 1. The highest BCUT2D eigenvalue weighted by Crippen LogP contribution is 2.26. The molecule has 3 rings (SSSR count). The minimum atomic E-state index is -2.98. The van der Waals surface area contributed by atoms with E-state index in [1.165, 1.54) is 0 Å². The third kappa shape index (κ3) is 4.26. The average Bonchev–Trinajstić information content (AvgIpc) is 3.17. The maximum Gasteiger partial charge on any atom is 0.261 e. The van der Waals surface area contributed by atoms with Crippen LogP contribution in [0.2, 0.25) is 0 Å². The summed E-state index contributed by atoms with van der Waals surface area (Å²) in [6.45, 7) is 7.57. The lowest BCUT2D eigenvalue weighted by atomic mass is 10.2. The van der Waals surface area contributed by atoms with Crippen LogP contribution in [-0.2, 0) is 21.2 Å². The summed E-state index contributed by atoms with van der Waals surface area (Å²) < 4.78 is 26.8. The number of hydrogen-bond acceptors (Lipinski definition) is 6. The zero-order chi connectivity index (χ0) is 19.8. The van der Waals surface area contributed by atoms with Crippen LogP contribution in [0.3, 0.4) is 0 Å². The summed E-state index contributed by atoms with van der Waals surface area (Å²) in [4.78, 5) is 12.0. The van der Waals surface area contributed by atoms with Crippen molar-refractivity contribution in [1.29, 1.82) is 0 Å². The van der Waals surface area contributed by atoms with Gasteiger partial charge in [0.2, 0.25) is 0 Å². The third-order valence-electron chi connectivity index (χ3n) is 4.71. The monoisotopic (exact) mass is 392 g/mol. The lowest BCUT2D eigenvalue weighted by Gasteiger charge is -2.10. The number of amides is 1. The normalized spacial score (nSPS) is 19.0. The van der Waals surface area contributed by atoms with Crippen molar-refractivity contribution < 1.29 is 13.2 Å². The molecule has 1 aliphatic heterocycles. The Morgan fingerprint density at radius 2 is 2.07 bits per heavy atom. The van der Waals surface area contributed by atoms with Crippen LogP contribution in [0.15, 0.2) is 11.2 Å². The second kappa shape index (κ2) is 7.26. The summed E-state index contributed by atoms with van der Waals surface area (Å²) in [6.07, 6.45) is 2.12. The summed E-state index contributed by atoms with van der Waals surface area (Å²) >= 11 is 0. The van der Waals surface area contributed by atoms with Crippen LogP contribution in [0.5, 0.6) is 0 Å². The van der Waals surface area contributed by atoms with Crippen molar-refractivity contribution >= 4 is 22.0 Å². The molecule has 1 fully saturated rings. The molecule has 2 aromatic rings. The molecule has 27 heavy (non-hydrogen) atoms. The van der Waals surface area contributed by atoms with E-state index in [4.69, 9.17) is 0 Å². The quantitative estimate of drug-likeness (QED) is 0.598. The molecule has 9 nitrogen and oxygen atoms in total. The second-order valence-corrected chi connectivity index (χ2v) is 9.19. The van der Waals surface area contributed by atoms with Crippen molar-refractivity contribution in [2.24, 2.45) is 5.10 Å². The van der Waals surface area contributed by atoms with Gasteiger partial charge in [-0.3, -0.25) is 14.2 Å². The molecule has 10 heteroatoms. The highest BCUT2D eigenvalue weighted by atomic mass is 32.2. The first-order valence-corrected chi connectivity index (χ1v) is 10.6. The van der Waals surface area contributed by atoms with E-state index in [0.717, 1.165) is 28.3 Å². The first kappa shape index (κ1) is 19.3. The van der Waals surface area contributed by atoms with Gasteiger partial charge in [-0.15, -0.1) is 0 Å². The number of nitrogens with zero attached hydrogens (tertiary/aromatic N) is 5. The largest absolute Gasteiger partial charge is 0.271 e. The molecule has 1 N–H and O–H groups in total. The first-order valence-electron chi connectivity index (χ1n) is 8.75. The zero-order valence-corrected chi connectivity index (χ0v) is 16.7. The third-order valence-corrected chi connectivity index (χ3v) is 6.47. The molecule has 1 aliphatic rings. The SMILES string of the molecule is Cc1cc(C)n(CC(=O)N/N=C\c2c(C)nn([C@H]3CCS(=O)(=O)C3)c2C)n1. The summed E-state index contributed by atoms with van der Waals surface area (Å²) in [6, 6.07) is 1.76. The Balaban J connectivity index is 1.67. The van der Waals surface area contributed by atoms with Gasteiger partial charge in [0.05, 0.1) is 35.2 Å². The fraction of sp³-hybridized carbons (Fsp3) is 0.529. The maximum atomic E-state index is 12.0. The fourth-order valence-electron chi connectivity index (χ4n) is 3.36. The van der Waals surface area contributed by atoms with Crippen molar-refractivity contribution in [3.05, 3.63) is 34.4 Å². The van der Waals surface area contributed by atoms with Gasteiger partial charge in [0.15, 0.2) is 9.84 Å². The second-order valence-electron chi connectivity index (χ2n) is 6.96. The van der Waals surface area contributed by atoms with E-state index in [2.05, 4.69) is 20.7 Å². The van der Waals surface area contributed by atoms with Crippen LogP contribution in [0, 0.1) is 27.7 Å². The summed E-state index contributed by atoms with van der Waals surface area (Å²) in [5.74, 6) is 0.0363. The molecule has 1 atom stereocenters. The van der Waals surface area contributed by atoms with E-state index in [-0.39, 0.29) is 30.0 Å². The zero-order valence-electron chi connectivity index (χ0n) is 15.9. The van der Waals surface area contributed by atoms with Crippen molar-refractivity contribution in [2.75, 3.05) is 11.5 Å². The molecule has 1 amide bonds. The Hall–Kier alpha value is -2.49. The van der Waals surface area contributed by atoms with Gasteiger partial charge >= 0.3 is 0 Å². The van der Waals surface area contributed by atoms with Crippen molar-refractivity contribution in [1.82, 2.24) is 25.0 Å². The number of hydrazone groups is 1. The number of aryl methyl sites for hydroxylation is 3. The molecule has 0 radical (unpaired) electrons. The highest BCUT2D eigenvalue weighted by Gasteiger charge is 2.31. The number of rotatable bonds is 5. The van der Waals surface area contributed by atoms with Crippen LogP contribution < -0.4 is 5.43 Å². The highest BCUT2D eigenvalue weighted by molar-refractivity contribution is 7.91.